The first-order chi connectivity index (χ1) is 4.16. The zero-order valence-electron chi connectivity index (χ0n) is 5.22. The van der Waals surface area contributed by atoms with Crippen LogP contribution in [0.5, 0.6) is 0 Å². The largest absolute Gasteiger partial charge is 0.302 e. The quantitative estimate of drug-likeness (QED) is 0.391. The molecule has 2 N–H and O–H groups in total. The van der Waals surface area contributed by atoms with Gasteiger partial charge in [-0.2, -0.15) is 0 Å². The van der Waals surface area contributed by atoms with Gasteiger partial charge in [-0.05, 0) is 12.2 Å². The SMILES string of the molecule is CONC(=S)NC(C)=O. The lowest BCUT2D eigenvalue weighted by Gasteiger charge is -2.02. The van der Waals surface area contributed by atoms with E-state index < -0.39 is 0 Å². The van der Waals surface area contributed by atoms with Gasteiger partial charge in [0.25, 0.3) is 0 Å². The van der Waals surface area contributed by atoms with Crippen LogP contribution in [-0.4, -0.2) is 18.1 Å². The van der Waals surface area contributed by atoms with Gasteiger partial charge in [0.05, 0.1) is 7.11 Å². The molecule has 0 aliphatic heterocycles. The van der Waals surface area contributed by atoms with Crippen LogP contribution in [0, 0.1) is 0 Å². The first kappa shape index (κ1) is 8.32. The molecule has 0 saturated heterocycles. The molecule has 0 aliphatic carbocycles. The molecular weight excluding hydrogens is 140 g/mol. The molecule has 0 aromatic carbocycles. The lowest BCUT2D eigenvalue weighted by Crippen LogP contribution is -2.37. The lowest BCUT2D eigenvalue weighted by atomic mass is 10.7. The Labute approximate surface area is 58.5 Å². The van der Waals surface area contributed by atoms with Crippen LogP contribution in [0.15, 0.2) is 0 Å². The molecule has 4 nitrogen and oxygen atoms in total. The van der Waals surface area contributed by atoms with Gasteiger partial charge in [0.15, 0.2) is 5.11 Å². The van der Waals surface area contributed by atoms with Crippen LogP contribution in [0.4, 0.5) is 0 Å². The number of hydroxylamine groups is 1. The highest BCUT2D eigenvalue weighted by Crippen LogP contribution is 1.65. The minimum absolute atomic E-state index is 0.171. The van der Waals surface area contributed by atoms with Crippen molar-refractivity contribution in [2.45, 2.75) is 6.92 Å². The van der Waals surface area contributed by atoms with Gasteiger partial charge in [-0.1, -0.05) is 0 Å². The maximum absolute atomic E-state index is 10.2. The predicted molar refractivity (Wildman–Crippen MR) is 36.6 cm³/mol. The highest BCUT2D eigenvalue weighted by Gasteiger charge is 1.93. The number of carbonyl (C=O) groups is 1. The molecule has 0 aliphatic rings. The molecule has 0 saturated carbocycles. The number of carbonyl (C=O) groups excluding carboxylic acids is 1. The van der Waals surface area contributed by atoms with Gasteiger partial charge in [0, 0.05) is 6.92 Å². The summed E-state index contributed by atoms with van der Waals surface area (Å²) < 4.78 is 0. The minimum Gasteiger partial charge on any atom is -0.302 e. The fraction of sp³-hybridized carbons (Fsp3) is 0.500. The number of thiocarbonyl (C=S) groups is 1. The van der Waals surface area contributed by atoms with Gasteiger partial charge in [0.1, 0.15) is 0 Å². The van der Waals surface area contributed by atoms with Crippen molar-refractivity contribution >= 4 is 23.2 Å². The van der Waals surface area contributed by atoms with Crippen molar-refractivity contribution in [2.24, 2.45) is 0 Å². The third kappa shape index (κ3) is 5.19. The maximum Gasteiger partial charge on any atom is 0.223 e. The van der Waals surface area contributed by atoms with Crippen molar-refractivity contribution in [3.63, 3.8) is 0 Å². The van der Waals surface area contributed by atoms with E-state index in [-0.39, 0.29) is 11.0 Å². The highest BCUT2D eigenvalue weighted by atomic mass is 32.1. The monoisotopic (exact) mass is 148 g/mol. The molecule has 0 bridgehead atoms. The molecular formula is C4H8N2O2S. The normalized spacial score (nSPS) is 8.22. The summed E-state index contributed by atoms with van der Waals surface area (Å²) in [6.45, 7) is 1.36. The number of amides is 1. The van der Waals surface area contributed by atoms with Crippen molar-refractivity contribution in [1.82, 2.24) is 10.8 Å². The smallest absolute Gasteiger partial charge is 0.223 e. The zero-order valence-corrected chi connectivity index (χ0v) is 6.04. The number of nitrogens with one attached hydrogen (secondary N) is 2. The molecule has 9 heavy (non-hydrogen) atoms. The van der Waals surface area contributed by atoms with E-state index in [0.29, 0.717) is 0 Å². The van der Waals surface area contributed by atoms with Crippen molar-refractivity contribution in [3.05, 3.63) is 0 Å². The van der Waals surface area contributed by atoms with E-state index in [4.69, 9.17) is 0 Å². The Bertz CT molecular complexity index is 126. The maximum atomic E-state index is 10.2. The van der Waals surface area contributed by atoms with Crippen molar-refractivity contribution < 1.29 is 9.63 Å². The molecule has 0 aromatic rings. The van der Waals surface area contributed by atoms with E-state index in [9.17, 15) is 4.79 Å². The van der Waals surface area contributed by atoms with E-state index >= 15 is 0 Å². The average Bonchev–Trinajstić information content (AvgIpc) is 1.63. The molecule has 0 radical (unpaired) electrons. The molecule has 0 heterocycles. The summed E-state index contributed by atoms with van der Waals surface area (Å²) in [6.07, 6.45) is 0. The molecule has 0 unspecified atom stereocenters. The van der Waals surface area contributed by atoms with Crippen LogP contribution in [0.2, 0.25) is 0 Å². The Morgan fingerprint density at radius 3 is 2.56 bits per heavy atom. The Kier molecular flexibility index (Phi) is 3.90. The fourth-order valence-electron chi connectivity index (χ4n) is 0.278. The number of hydrogen-bond donors (Lipinski definition) is 2. The third-order valence-electron chi connectivity index (χ3n) is 0.484. The summed E-state index contributed by atoms with van der Waals surface area (Å²) in [5.74, 6) is -0.218. The Morgan fingerprint density at radius 2 is 2.22 bits per heavy atom. The first-order valence-electron chi connectivity index (χ1n) is 2.27. The van der Waals surface area contributed by atoms with Crippen LogP contribution in [0.3, 0.4) is 0 Å². The van der Waals surface area contributed by atoms with E-state index in [1.807, 2.05) is 0 Å². The molecule has 52 valence electrons. The van der Waals surface area contributed by atoms with Crippen LogP contribution in [0.25, 0.3) is 0 Å². The van der Waals surface area contributed by atoms with E-state index in [1.165, 1.54) is 14.0 Å². The van der Waals surface area contributed by atoms with Crippen molar-refractivity contribution in [1.29, 1.82) is 0 Å². The van der Waals surface area contributed by atoms with Crippen molar-refractivity contribution in [3.8, 4) is 0 Å². The Balaban J connectivity index is 3.39. The number of rotatable bonds is 1. The van der Waals surface area contributed by atoms with E-state index in [1.54, 1.807) is 0 Å². The molecule has 0 fully saturated rings. The molecule has 0 rings (SSSR count). The molecule has 0 aromatic heterocycles. The minimum atomic E-state index is -0.218. The van der Waals surface area contributed by atoms with Crippen molar-refractivity contribution in [2.75, 3.05) is 7.11 Å². The summed E-state index contributed by atoms with van der Waals surface area (Å²) in [7, 11) is 1.41. The standard InChI is InChI=1S/C4H8N2O2S/c1-3(7)5-4(9)6-8-2/h1-2H3,(H2,5,6,7,9). The Morgan fingerprint density at radius 1 is 1.67 bits per heavy atom. The second-order valence-electron chi connectivity index (χ2n) is 1.32. The second kappa shape index (κ2) is 4.22. The molecule has 1 amide bonds. The molecule has 0 atom stereocenters. The van der Waals surface area contributed by atoms with Gasteiger partial charge >= 0.3 is 0 Å². The van der Waals surface area contributed by atoms with Gasteiger partial charge < -0.3 is 5.32 Å². The number of hydrogen-bond acceptors (Lipinski definition) is 3. The van der Waals surface area contributed by atoms with Crippen LogP contribution >= 0.6 is 12.2 Å². The predicted octanol–water partition coefficient (Wildman–Crippen LogP) is -0.442. The van der Waals surface area contributed by atoms with Gasteiger partial charge in [-0.3, -0.25) is 9.63 Å². The van der Waals surface area contributed by atoms with Crippen LogP contribution < -0.4 is 10.8 Å². The summed E-state index contributed by atoms with van der Waals surface area (Å²) in [5.41, 5.74) is 2.28. The summed E-state index contributed by atoms with van der Waals surface area (Å²) in [5, 5.41) is 2.47. The molecule has 5 heteroatoms. The summed E-state index contributed by atoms with van der Waals surface area (Å²) in [4.78, 5) is 14.6. The van der Waals surface area contributed by atoms with Crippen LogP contribution in [0.1, 0.15) is 6.92 Å². The van der Waals surface area contributed by atoms with Crippen LogP contribution in [-0.2, 0) is 9.63 Å². The van der Waals surface area contributed by atoms with Gasteiger partial charge in [-0.25, -0.2) is 5.48 Å². The first-order valence-corrected chi connectivity index (χ1v) is 2.68. The fourth-order valence-corrected chi connectivity index (χ4v) is 0.505. The highest BCUT2D eigenvalue weighted by molar-refractivity contribution is 7.80. The van der Waals surface area contributed by atoms with Gasteiger partial charge in [-0.15, -0.1) is 0 Å². The average molecular weight is 148 g/mol. The van der Waals surface area contributed by atoms with E-state index in [0.717, 1.165) is 0 Å². The molecule has 0 spiro atoms. The zero-order chi connectivity index (χ0) is 7.28. The van der Waals surface area contributed by atoms with E-state index in [2.05, 4.69) is 27.9 Å². The second-order valence-corrected chi connectivity index (χ2v) is 1.72. The Hall–Kier alpha value is -0.680. The third-order valence-corrected chi connectivity index (χ3v) is 0.670. The topological polar surface area (TPSA) is 50.4 Å². The lowest BCUT2D eigenvalue weighted by molar-refractivity contribution is -0.117. The summed E-state index contributed by atoms with van der Waals surface area (Å²) >= 11 is 4.56. The van der Waals surface area contributed by atoms with Gasteiger partial charge in [0.2, 0.25) is 5.91 Å². The summed E-state index contributed by atoms with van der Waals surface area (Å²) in [6, 6.07) is 0.